The van der Waals surface area contributed by atoms with Gasteiger partial charge in [0.05, 0.1) is 5.60 Å². The van der Waals surface area contributed by atoms with Crippen molar-refractivity contribution >= 4 is 11.6 Å². The van der Waals surface area contributed by atoms with Crippen LogP contribution >= 0.6 is 0 Å². The predicted octanol–water partition coefficient (Wildman–Crippen LogP) is 2.02. The summed E-state index contributed by atoms with van der Waals surface area (Å²) in [5, 5.41) is 13.0. The number of aromatic nitrogens is 2. The molecule has 0 bridgehead atoms. The van der Waals surface area contributed by atoms with Crippen molar-refractivity contribution in [2.75, 3.05) is 30.9 Å². The third-order valence-corrected chi connectivity index (χ3v) is 2.65. The average Bonchev–Trinajstić information content (AvgIpc) is 2.25. The molecule has 1 aromatic rings. The van der Waals surface area contributed by atoms with Gasteiger partial charge in [-0.15, -0.1) is 0 Å². The van der Waals surface area contributed by atoms with Crippen LogP contribution in [0.15, 0.2) is 6.07 Å². The van der Waals surface area contributed by atoms with E-state index < -0.39 is 5.60 Å². The Balaban J connectivity index is 3.13. The molecule has 5 heteroatoms. The molecule has 1 aromatic heterocycles. The van der Waals surface area contributed by atoms with Gasteiger partial charge in [0.1, 0.15) is 17.5 Å². The van der Waals surface area contributed by atoms with Crippen molar-refractivity contribution in [3.05, 3.63) is 11.9 Å². The maximum atomic E-state index is 9.90. The molecule has 0 aliphatic heterocycles. The smallest absolute Gasteiger partial charge is 0.138 e. The fourth-order valence-electron chi connectivity index (χ4n) is 1.75. The van der Waals surface area contributed by atoms with Gasteiger partial charge in [0.2, 0.25) is 0 Å². The number of aliphatic hydroxyl groups is 1. The van der Waals surface area contributed by atoms with Crippen LogP contribution in [-0.4, -0.2) is 41.3 Å². The summed E-state index contributed by atoms with van der Waals surface area (Å²) < 4.78 is 0. The zero-order chi connectivity index (χ0) is 14.8. The van der Waals surface area contributed by atoms with Gasteiger partial charge in [-0.05, 0) is 13.8 Å². The van der Waals surface area contributed by atoms with Gasteiger partial charge in [-0.2, -0.15) is 0 Å². The van der Waals surface area contributed by atoms with Crippen molar-refractivity contribution in [3.63, 3.8) is 0 Å². The first-order valence-corrected chi connectivity index (χ1v) is 6.54. The second-order valence-corrected chi connectivity index (χ2v) is 6.60. The van der Waals surface area contributed by atoms with Gasteiger partial charge in [-0.3, -0.25) is 0 Å². The highest BCUT2D eigenvalue weighted by Gasteiger charge is 2.22. The molecule has 0 aromatic carbocycles. The van der Waals surface area contributed by atoms with E-state index in [1.165, 1.54) is 0 Å². The molecule has 0 saturated carbocycles. The summed E-state index contributed by atoms with van der Waals surface area (Å²) in [5.74, 6) is 2.39. The Hall–Kier alpha value is -1.36. The number of nitrogens with one attached hydrogen (secondary N) is 1. The van der Waals surface area contributed by atoms with Crippen molar-refractivity contribution in [1.82, 2.24) is 9.97 Å². The van der Waals surface area contributed by atoms with Gasteiger partial charge < -0.3 is 15.3 Å². The molecular formula is C14H26N4O. The molecule has 0 aliphatic carbocycles. The summed E-state index contributed by atoms with van der Waals surface area (Å²) in [7, 11) is 3.76. The summed E-state index contributed by atoms with van der Waals surface area (Å²) in [6, 6.07) is 1.89. The van der Waals surface area contributed by atoms with Crippen LogP contribution in [0, 0.1) is 0 Å². The number of rotatable bonds is 4. The van der Waals surface area contributed by atoms with Crippen molar-refractivity contribution in [2.24, 2.45) is 0 Å². The summed E-state index contributed by atoms with van der Waals surface area (Å²) in [6.45, 7) is 10.3. The third kappa shape index (κ3) is 4.67. The maximum Gasteiger partial charge on any atom is 0.138 e. The van der Waals surface area contributed by atoms with Crippen LogP contribution in [0.2, 0.25) is 0 Å². The molecule has 0 fully saturated rings. The zero-order valence-corrected chi connectivity index (χ0v) is 13.1. The molecule has 0 radical (unpaired) electrons. The van der Waals surface area contributed by atoms with Gasteiger partial charge >= 0.3 is 0 Å². The largest absolute Gasteiger partial charge is 0.389 e. The van der Waals surface area contributed by atoms with Gasteiger partial charge in [-0.1, -0.05) is 20.8 Å². The molecule has 0 spiro atoms. The van der Waals surface area contributed by atoms with E-state index in [9.17, 15) is 5.11 Å². The molecule has 0 aliphatic rings. The quantitative estimate of drug-likeness (QED) is 0.873. The monoisotopic (exact) mass is 266 g/mol. The van der Waals surface area contributed by atoms with Crippen LogP contribution in [0.25, 0.3) is 0 Å². The van der Waals surface area contributed by atoms with Crippen molar-refractivity contribution in [1.29, 1.82) is 0 Å². The molecule has 0 saturated heterocycles. The Morgan fingerprint density at radius 2 is 1.79 bits per heavy atom. The van der Waals surface area contributed by atoms with E-state index in [0.717, 1.165) is 17.5 Å². The van der Waals surface area contributed by atoms with Gasteiger partial charge in [0.25, 0.3) is 0 Å². The van der Waals surface area contributed by atoms with Crippen LogP contribution in [0.1, 0.15) is 40.4 Å². The molecule has 1 heterocycles. The van der Waals surface area contributed by atoms with Gasteiger partial charge in [0, 0.05) is 32.1 Å². The highest BCUT2D eigenvalue weighted by atomic mass is 16.3. The summed E-state index contributed by atoms with van der Waals surface area (Å²) in [4.78, 5) is 11.0. The first kappa shape index (κ1) is 15.7. The van der Waals surface area contributed by atoms with E-state index in [4.69, 9.17) is 0 Å². The molecule has 108 valence electrons. The maximum absolute atomic E-state index is 9.90. The minimum absolute atomic E-state index is 0.114. The first-order chi connectivity index (χ1) is 8.53. The molecular weight excluding hydrogens is 240 g/mol. The number of hydrogen-bond donors (Lipinski definition) is 2. The van der Waals surface area contributed by atoms with Crippen LogP contribution < -0.4 is 10.2 Å². The molecule has 5 nitrogen and oxygen atoms in total. The van der Waals surface area contributed by atoms with Crippen LogP contribution in [0.5, 0.6) is 0 Å². The summed E-state index contributed by atoms with van der Waals surface area (Å²) in [5.41, 5.74) is -0.876. The van der Waals surface area contributed by atoms with E-state index in [0.29, 0.717) is 6.54 Å². The summed E-state index contributed by atoms with van der Waals surface area (Å²) >= 11 is 0. The van der Waals surface area contributed by atoms with E-state index in [-0.39, 0.29) is 5.41 Å². The van der Waals surface area contributed by atoms with Gasteiger partial charge in [-0.25, -0.2) is 9.97 Å². The van der Waals surface area contributed by atoms with E-state index in [1.54, 1.807) is 13.8 Å². The molecule has 0 unspecified atom stereocenters. The van der Waals surface area contributed by atoms with Crippen LogP contribution in [0.4, 0.5) is 11.6 Å². The lowest BCUT2D eigenvalue weighted by Crippen LogP contribution is -2.37. The molecule has 0 amide bonds. The minimum atomic E-state index is -0.762. The Bertz CT molecular complexity index is 432. The Morgan fingerprint density at radius 3 is 2.21 bits per heavy atom. The molecule has 2 N–H and O–H groups in total. The minimum Gasteiger partial charge on any atom is -0.389 e. The first-order valence-electron chi connectivity index (χ1n) is 6.54. The van der Waals surface area contributed by atoms with Crippen molar-refractivity contribution in [2.45, 2.75) is 45.6 Å². The van der Waals surface area contributed by atoms with Crippen molar-refractivity contribution in [3.8, 4) is 0 Å². The fourth-order valence-corrected chi connectivity index (χ4v) is 1.75. The van der Waals surface area contributed by atoms with Gasteiger partial charge in [0.15, 0.2) is 0 Å². The average molecular weight is 266 g/mol. The Morgan fingerprint density at radius 1 is 1.21 bits per heavy atom. The molecule has 1 rings (SSSR count). The topological polar surface area (TPSA) is 61.3 Å². The number of anilines is 2. The highest BCUT2D eigenvalue weighted by molar-refractivity contribution is 5.49. The normalized spacial score (nSPS) is 12.4. The number of hydrogen-bond acceptors (Lipinski definition) is 5. The second-order valence-electron chi connectivity index (χ2n) is 6.60. The second kappa shape index (κ2) is 5.33. The van der Waals surface area contributed by atoms with Crippen LogP contribution in [-0.2, 0) is 5.41 Å². The number of nitrogens with zero attached hydrogens (tertiary/aromatic N) is 3. The highest BCUT2D eigenvalue weighted by Crippen LogP contribution is 2.24. The lowest BCUT2D eigenvalue weighted by Gasteiger charge is -2.28. The molecule has 19 heavy (non-hydrogen) atoms. The van der Waals surface area contributed by atoms with E-state index in [1.807, 2.05) is 25.1 Å². The molecule has 0 atom stereocenters. The lowest BCUT2D eigenvalue weighted by molar-refractivity contribution is 0.0884. The third-order valence-electron chi connectivity index (χ3n) is 2.65. The SMILES string of the molecule is CNc1cc(N(C)CC(C)(C)O)nc(C(C)(C)C)n1. The van der Waals surface area contributed by atoms with Crippen LogP contribution in [0.3, 0.4) is 0 Å². The summed E-state index contributed by atoms with van der Waals surface area (Å²) in [6.07, 6.45) is 0. The standard InChI is InChI=1S/C14H26N4O/c1-13(2,3)12-16-10(15-6)8-11(17-12)18(7)9-14(4,5)19/h8,19H,9H2,1-7H3,(H,15,16,17). The number of likely N-dealkylation sites (N-methyl/N-ethyl adjacent to an activating group) is 1. The zero-order valence-electron chi connectivity index (χ0n) is 13.1. The Kier molecular flexibility index (Phi) is 4.40. The lowest BCUT2D eigenvalue weighted by atomic mass is 9.96. The fraction of sp³-hybridized carbons (Fsp3) is 0.714. The van der Waals surface area contributed by atoms with E-state index >= 15 is 0 Å². The van der Waals surface area contributed by atoms with Crippen molar-refractivity contribution < 1.29 is 5.11 Å². The predicted molar refractivity (Wildman–Crippen MR) is 79.8 cm³/mol. The van der Waals surface area contributed by atoms with E-state index in [2.05, 4.69) is 36.1 Å². The Labute approximate surface area is 116 Å².